The first-order chi connectivity index (χ1) is 20.2. The van der Waals surface area contributed by atoms with Gasteiger partial charge >= 0.3 is 41.9 Å². The number of halogens is 11. The fourth-order valence-corrected chi connectivity index (χ4v) is 3.46. The lowest BCUT2D eigenvalue weighted by Gasteiger charge is -2.38. The Morgan fingerprint density at radius 2 is 1.36 bits per heavy atom. The summed E-state index contributed by atoms with van der Waals surface area (Å²) in [4.78, 5) is 23.4. The number of ether oxygens (including phenoxy) is 3. The molecule has 0 fully saturated rings. The molecule has 2 rings (SSSR count). The number of nitrogens with zero attached hydrogens (tertiary/aromatic N) is 1. The van der Waals surface area contributed by atoms with Crippen molar-refractivity contribution >= 4 is 12.1 Å². The van der Waals surface area contributed by atoms with Gasteiger partial charge < -0.3 is 19.3 Å². The molecule has 1 atom stereocenters. The number of aliphatic carboxylic acids is 1. The van der Waals surface area contributed by atoms with Crippen molar-refractivity contribution in [3.8, 4) is 11.5 Å². The Hall–Kier alpha value is -3.83. The van der Waals surface area contributed by atoms with Gasteiger partial charge in [0.15, 0.2) is 6.10 Å². The third kappa shape index (κ3) is 8.21. The molecule has 0 saturated heterocycles. The summed E-state index contributed by atoms with van der Waals surface area (Å²) in [7, 11) is 0. The summed E-state index contributed by atoms with van der Waals surface area (Å²) >= 11 is 0. The lowest BCUT2D eigenvalue weighted by molar-refractivity contribution is -0.422. The van der Waals surface area contributed by atoms with Gasteiger partial charge in [0.1, 0.15) is 18.1 Å². The molecule has 2 aromatic carbocycles. The fraction of sp³-hybridized carbons (Fsp3) is 0.462. The number of benzene rings is 2. The predicted molar refractivity (Wildman–Crippen MR) is 129 cm³/mol. The highest BCUT2D eigenvalue weighted by atomic mass is 19.4. The highest BCUT2D eigenvalue weighted by molar-refractivity contribution is 5.72. The summed E-state index contributed by atoms with van der Waals surface area (Å²) in [6.07, 6.45) is -10.5. The van der Waals surface area contributed by atoms with Crippen molar-refractivity contribution in [1.29, 1.82) is 0 Å². The molecule has 0 heterocycles. The standard InChI is InChI=1S/C26H24F11NO6/c1-2-42-19(20(39)40)14-16-8-10-17(11-9-16)43-13-12-38(21(41)44-18-6-4-3-5-7-18)15-22(27,28)23(29,30)24(31,32)25(33,34)26(35,36)37/h3-11,19H,2,12-15H2,1H3,(H,39,40). The summed E-state index contributed by atoms with van der Waals surface area (Å²) in [6.45, 7) is -3.06. The maximum Gasteiger partial charge on any atom is 0.460 e. The summed E-state index contributed by atoms with van der Waals surface area (Å²) in [5.74, 6) is -30.5. The SMILES string of the molecule is CCOC(Cc1ccc(OCCN(CC(F)(F)C(F)(F)C(F)(F)C(F)(F)C(F)(F)F)C(=O)Oc2ccccc2)cc1)C(=O)O. The molecule has 0 aliphatic carbocycles. The molecule has 7 nitrogen and oxygen atoms in total. The van der Waals surface area contributed by atoms with E-state index < -0.39 is 67.7 Å². The van der Waals surface area contributed by atoms with Gasteiger partial charge in [-0.05, 0) is 36.8 Å². The lowest BCUT2D eigenvalue weighted by Crippen LogP contribution is -2.68. The molecule has 1 amide bonds. The second-order valence-corrected chi connectivity index (χ2v) is 9.01. The predicted octanol–water partition coefficient (Wildman–Crippen LogP) is 6.70. The van der Waals surface area contributed by atoms with Crippen LogP contribution in [-0.4, -0.2) is 84.3 Å². The Morgan fingerprint density at radius 1 is 0.795 bits per heavy atom. The van der Waals surface area contributed by atoms with E-state index in [1.54, 1.807) is 6.92 Å². The van der Waals surface area contributed by atoms with Crippen LogP contribution in [0.3, 0.4) is 0 Å². The smallest absolute Gasteiger partial charge is 0.460 e. The number of alkyl halides is 11. The van der Waals surface area contributed by atoms with Crippen LogP contribution in [0.15, 0.2) is 54.6 Å². The second kappa shape index (κ2) is 13.9. The number of rotatable bonds is 15. The van der Waals surface area contributed by atoms with E-state index in [4.69, 9.17) is 19.3 Å². The van der Waals surface area contributed by atoms with Gasteiger partial charge in [0.05, 0.1) is 13.1 Å². The average Bonchev–Trinajstić information content (AvgIpc) is 2.92. The van der Waals surface area contributed by atoms with Gasteiger partial charge in [-0.1, -0.05) is 30.3 Å². The van der Waals surface area contributed by atoms with E-state index in [2.05, 4.69) is 0 Å². The molecule has 0 aromatic heterocycles. The molecule has 246 valence electrons. The molecular formula is C26H24F11NO6. The van der Waals surface area contributed by atoms with Crippen LogP contribution < -0.4 is 9.47 Å². The monoisotopic (exact) mass is 655 g/mol. The molecule has 44 heavy (non-hydrogen) atoms. The Kier molecular flexibility index (Phi) is 11.5. The van der Waals surface area contributed by atoms with Crippen LogP contribution in [0.5, 0.6) is 11.5 Å². The van der Waals surface area contributed by atoms with E-state index in [0.717, 1.165) is 12.1 Å². The topological polar surface area (TPSA) is 85.3 Å². The summed E-state index contributed by atoms with van der Waals surface area (Å²) in [5.41, 5.74) is 0.449. The average molecular weight is 655 g/mol. The fourth-order valence-electron chi connectivity index (χ4n) is 3.46. The van der Waals surface area contributed by atoms with Crippen molar-refractivity contribution in [3.05, 3.63) is 60.2 Å². The number of amides is 1. The second-order valence-electron chi connectivity index (χ2n) is 9.01. The van der Waals surface area contributed by atoms with Crippen molar-refractivity contribution in [2.75, 3.05) is 26.3 Å². The van der Waals surface area contributed by atoms with E-state index in [0.29, 0.717) is 5.56 Å². The van der Waals surface area contributed by atoms with Crippen molar-refractivity contribution in [3.63, 3.8) is 0 Å². The quantitative estimate of drug-likeness (QED) is 0.215. The molecule has 0 saturated carbocycles. The Morgan fingerprint density at radius 3 is 1.86 bits per heavy atom. The number of carbonyl (C=O) groups is 2. The first kappa shape index (κ1) is 36.4. The number of carboxylic acid groups (broad SMARTS) is 1. The van der Waals surface area contributed by atoms with Gasteiger partial charge in [-0.15, -0.1) is 0 Å². The maximum atomic E-state index is 14.5. The van der Waals surface area contributed by atoms with Crippen LogP contribution in [0, 0.1) is 0 Å². The zero-order valence-electron chi connectivity index (χ0n) is 22.4. The molecule has 18 heteroatoms. The lowest BCUT2D eigenvalue weighted by atomic mass is 9.97. The molecule has 0 aliphatic heterocycles. The number of hydrogen-bond donors (Lipinski definition) is 1. The number of hydrogen-bond acceptors (Lipinski definition) is 5. The Bertz CT molecular complexity index is 1240. The van der Waals surface area contributed by atoms with Crippen LogP contribution >= 0.6 is 0 Å². The minimum atomic E-state index is -7.64. The molecule has 0 aliphatic rings. The minimum Gasteiger partial charge on any atom is -0.492 e. The van der Waals surface area contributed by atoms with Crippen LogP contribution in [-0.2, 0) is 16.0 Å². The summed E-state index contributed by atoms with van der Waals surface area (Å²) in [6, 6.07) is 11.5. The van der Waals surface area contributed by atoms with Crippen LogP contribution in [0.25, 0.3) is 0 Å². The van der Waals surface area contributed by atoms with E-state index in [1.807, 2.05) is 0 Å². The van der Waals surface area contributed by atoms with Gasteiger partial charge in [-0.25, -0.2) is 9.59 Å². The van der Waals surface area contributed by atoms with E-state index >= 15 is 0 Å². The first-order valence-corrected chi connectivity index (χ1v) is 12.3. The number of carboxylic acids is 1. The highest BCUT2D eigenvalue weighted by Gasteiger charge is 2.87. The third-order valence-corrected chi connectivity index (χ3v) is 5.82. The van der Waals surface area contributed by atoms with Crippen molar-refractivity contribution in [2.45, 2.75) is 49.3 Å². The van der Waals surface area contributed by atoms with Gasteiger partial charge in [-0.3, -0.25) is 4.90 Å². The molecule has 2 aromatic rings. The van der Waals surface area contributed by atoms with Crippen molar-refractivity contribution in [1.82, 2.24) is 4.90 Å². The summed E-state index contributed by atoms with van der Waals surface area (Å²) < 4.78 is 163. The Balaban J connectivity index is 2.25. The van der Waals surface area contributed by atoms with Crippen molar-refractivity contribution in [2.24, 2.45) is 0 Å². The van der Waals surface area contributed by atoms with Gasteiger partial charge in [0.25, 0.3) is 0 Å². The molecule has 0 spiro atoms. The normalized spacial score (nSPS) is 13.7. The third-order valence-electron chi connectivity index (χ3n) is 5.82. The largest absolute Gasteiger partial charge is 0.492 e. The number of para-hydroxylation sites is 1. The molecular weight excluding hydrogens is 631 g/mol. The molecule has 0 bridgehead atoms. The zero-order chi connectivity index (χ0) is 33.6. The molecule has 0 radical (unpaired) electrons. The van der Waals surface area contributed by atoms with Gasteiger partial charge in [0.2, 0.25) is 0 Å². The van der Waals surface area contributed by atoms with Gasteiger partial charge in [0, 0.05) is 13.0 Å². The summed E-state index contributed by atoms with van der Waals surface area (Å²) in [5, 5.41) is 9.16. The van der Waals surface area contributed by atoms with E-state index in [-0.39, 0.29) is 29.4 Å². The maximum absolute atomic E-state index is 14.5. The minimum absolute atomic E-state index is 0.0399. The van der Waals surface area contributed by atoms with Crippen LogP contribution in [0.1, 0.15) is 12.5 Å². The number of carbonyl (C=O) groups excluding carboxylic acids is 1. The van der Waals surface area contributed by atoms with Crippen LogP contribution in [0.4, 0.5) is 53.1 Å². The molecule has 1 unspecified atom stereocenters. The van der Waals surface area contributed by atoms with Crippen molar-refractivity contribution < 1.29 is 77.2 Å². The van der Waals surface area contributed by atoms with E-state index in [1.165, 1.54) is 42.5 Å². The van der Waals surface area contributed by atoms with Crippen LogP contribution in [0.2, 0.25) is 0 Å². The van der Waals surface area contributed by atoms with Gasteiger partial charge in [-0.2, -0.15) is 48.3 Å². The zero-order valence-corrected chi connectivity index (χ0v) is 22.4. The Labute approximate surface area is 242 Å². The molecule has 1 N–H and O–H groups in total. The highest BCUT2D eigenvalue weighted by Crippen LogP contribution is 2.57. The van der Waals surface area contributed by atoms with E-state index in [9.17, 15) is 57.9 Å². The first-order valence-electron chi connectivity index (χ1n) is 12.3.